The predicted octanol–water partition coefficient (Wildman–Crippen LogP) is 3.54. The van der Waals surface area contributed by atoms with E-state index < -0.39 is 0 Å². The summed E-state index contributed by atoms with van der Waals surface area (Å²) in [5.41, 5.74) is 6.58. The zero-order valence-electron chi connectivity index (χ0n) is 8.87. The van der Waals surface area contributed by atoms with Crippen LogP contribution in [0.3, 0.4) is 0 Å². The van der Waals surface area contributed by atoms with Gasteiger partial charge in [-0.05, 0) is 30.3 Å². The topological polar surface area (TPSA) is 35.2 Å². The average molecular weight is 254 g/mol. The van der Waals surface area contributed by atoms with Gasteiger partial charge in [-0.3, -0.25) is 0 Å². The van der Waals surface area contributed by atoms with Crippen LogP contribution in [0.5, 0.6) is 5.75 Å². The SMILES string of the molecule is COc1ccc(Cl)c(-c2ccc(CN)s2)c1. The van der Waals surface area contributed by atoms with Gasteiger partial charge in [0, 0.05) is 26.9 Å². The molecule has 2 rings (SSSR count). The fraction of sp³-hybridized carbons (Fsp3) is 0.167. The lowest BCUT2D eigenvalue weighted by Gasteiger charge is -2.04. The maximum atomic E-state index is 6.16. The molecule has 2 N–H and O–H groups in total. The molecule has 0 amide bonds. The molecular weight excluding hydrogens is 242 g/mol. The highest BCUT2D eigenvalue weighted by atomic mass is 35.5. The maximum absolute atomic E-state index is 6.16. The molecule has 0 aliphatic carbocycles. The van der Waals surface area contributed by atoms with Crippen molar-refractivity contribution in [3.8, 4) is 16.2 Å². The number of hydrogen-bond donors (Lipinski definition) is 1. The van der Waals surface area contributed by atoms with Crippen molar-refractivity contribution in [2.24, 2.45) is 5.73 Å². The van der Waals surface area contributed by atoms with E-state index in [0.717, 1.165) is 26.1 Å². The van der Waals surface area contributed by atoms with Crippen molar-refractivity contribution < 1.29 is 4.74 Å². The molecular formula is C12H12ClNOS. The van der Waals surface area contributed by atoms with Crippen LogP contribution < -0.4 is 10.5 Å². The number of ether oxygens (including phenoxy) is 1. The third kappa shape index (κ3) is 2.21. The summed E-state index contributed by atoms with van der Waals surface area (Å²) in [7, 11) is 1.65. The Morgan fingerprint density at radius 1 is 1.31 bits per heavy atom. The Hall–Kier alpha value is -1.03. The predicted molar refractivity (Wildman–Crippen MR) is 69.2 cm³/mol. The molecule has 0 fully saturated rings. The Bertz CT molecular complexity index is 496. The van der Waals surface area contributed by atoms with E-state index in [2.05, 4.69) is 0 Å². The molecule has 0 atom stereocenters. The molecule has 0 saturated heterocycles. The van der Waals surface area contributed by atoms with Crippen LogP contribution in [0.15, 0.2) is 30.3 Å². The minimum Gasteiger partial charge on any atom is -0.497 e. The van der Waals surface area contributed by atoms with Crippen LogP contribution in [-0.4, -0.2) is 7.11 Å². The molecule has 2 aromatic rings. The van der Waals surface area contributed by atoms with Crippen molar-refractivity contribution in [1.29, 1.82) is 0 Å². The van der Waals surface area contributed by atoms with E-state index in [4.69, 9.17) is 22.1 Å². The molecule has 84 valence electrons. The largest absolute Gasteiger partial charge is 0.497 e. The van der Waals surface area contributed by atoms with Crippen LogP contribution in [0.1, 0.15) is 4.88 Å². The number of thiophene rings is 1. The first kappa shape index (κ1) is 11.5. The number of rotatable bonds is 3. The van der Waals surface area contributed by atoms with Crippen LogP contribution in [0, 0.1) is 0 Å². The Morgan fingerprint density at radius 3 is 2.75 bits per heavy atom. The van der Waals surface area contributed by atoms with Gasteiger partial charge in [0.2, 0.25) is 0 Å². The van der Waals surface area contributed by atoms with Crippen molar-refractivity contribution in [2.45, 2.75) is 6.54 Å². The number of benzene rings is 1. The summed E-state index contributed by atoms with van der Waals surface area (Å²) in [5.74, 6) is 0.807. The lowest BCUT2D eigenvalue weighted by atomic mass is 10.2. The Morgan fingerprint density at radius 2 is 2.12 bits per heavy atom. The third-order valence-electron chi connectivity index (χ3n) is 2.30. The second-order valence-electron chi connectivity index (χ2n) is 3.32. The molecule has 0 aliphatic rings. The Labute approximate surface area is 104 Å². The fourth-order valence-corrected chi connectivity index (χ4v) is 2.64. The summed E-state index contributed by atoms with van der Waals surface area (Å²) < 4.78 is 5.19. The van der Waals surface area contributed by atoms with E-state index in [-0.39, 0.29) is 0 Å². The van der Waals surface area contributed by atoms with E-state index in [1.165, 1.54) is 0 Å². The van der Waals surface area contributed by atoms with Crippen molar-refractivity contribution in [3.05, 3.63) is 40.2 Å². The monoisotopic (exact) mass is 253 g/mol. The molecule has 0 unspecified atom stereocenters. The van der Waals surface area contributed by atoms with E-state index in [1.54, 1.807) is 18.4 Å². The van der Waals surface area contributed by atoms with Gasteiger partial charge in [-0.25, -0.2) is 0 Å². The second-order valence-corrected chi connectivity index (χ2v) is 4.89. The van der Waals surface area contributed by atoms with Crippen molar-refractivity contribution in [2.75, 3.05) is 7.11 Å². The molecule has 0 saturated carbocycles. The lowest BCUT2D eigenvalue weighted by Crippen LogP contribution is -1.91. The molecule has 0 spiro atoms. The van der Waals surface area contributed by atoms with Gasteiger partial charge in [-0.2, -0.15) is 0 Å². The minimum absolute atomic E-state index is 0.562. The Balaban J connectivity index is 2.45. The van der Waals surface area contributed by atoms with Gasteiger partial charge in [0.25, 0.3) is 0 Å². The Kier molecular flexibility index (Phi) is 3.49. The summed E-state index contributed by atoms with van der Waals surface area (Å²) in [6.07, 6.45) is 0. The highest BCUT2D eigenvalue weighted by Gasteiger charge is 2.07. The molecule has 1 aromatic heterocycles. The molecule has 4 heteroatoms. The van der Waals surface area contributed by atoms with E-state index in [9.17, 15) is 0 Å². The van der Waals surface area contributed by atoms with Crippen LogP contribution in [0.4, 0.5) is 0 Å². The van der Waals surface area contributed by atoms with Gasteiger partial charge >= 0.3 is 0 Å². The second kappa shape index (κ2) is 4.87. The van der Waals surface area contributed by atoms with E-state index in [0.29, 0.717) is 6.54 Å². The molecule has 16 heavy (non-hydrogen) atoms. The van der Waals surface area contributed by atoms with Gasteiger partial charge in [0.05, 0.1) is 7.11 Å². The summed E-state index contributed by atoms with van der Waals surface area (Å²) >= 11 is 7.81. The first-order valence-corrected chi connectivity index (χ1v) is 6.06. The van der Waals surface area contributed by atoms with Crippen molar-refractivity contribution in [1.82, 2.24) is 0 Å². The van der Waals surface area contributed by atoms with Crippen LogP contribution in [0.2, 0.25) is 5.02 Å². The summed E-state index contributed by atoms with van der Waals surface area (Å²) in [6, 6.07) is 9.69. The molecule has 0 radical (unpaired) electrons. The lowest BCUT2D eigenvalue weighted by molar-refractivity contribution is 0.415. The highest BCUT2D eigenvalue weighted by molar-refractivity contribution is 7.15. The zero-order chi connectivity index (χ0) is 11.5. The van der Waals surface area contributed by atoms with Crippen molar-refractivity contribution in [3.63, 3.8) is 0 Å². The first-order valence-electron chi connectivity index (χ1n) is 4.87. The normalized spacial score (nSPS) is 10.4. The van der Waals surface area contributed by atoms with Gasteiger partial charge in [-0.15, -0.1) is 11.3 Å². The van der Waals surface area contributed by atoms with Crippen LogP contribution >= 0.6 is 22.9 Å². The maximum Gasteiger partial charge on any atom is 0.119 e. The van der Waals surface area contributed by atoms with E-state index in [1.807, 2.05) is 30.3 Å². The van der Waals surface area contributed by atoms with Gasteiger partial charge in [-0.1, -0.05) is 11.6 Å². The fourth-order valence-electron chi connectivity index (χ4n) is 1.45. The average Bonchev–Trinajstić information content (AvgIpc) is 2.78. The number of halogens is 1. The summed E-state index contributed by atoms with van der Waals surface area (Å²) in [5, 5.41) is 0.728. The minimum atomic E-state index is 0.562. The van der Waals surface area contributed by atoms with Crippen LogP contribution in [-0.2, 0) is 6.54 Å². The third-order valence-corrected chi connectivity index (χ3v) is 3.77. The molecule has 1 aromatic carbocycles. The molecule has 2 nitrogen and oxygen atoms in total. The van der Waals surface area contributed by atoms with Gasteiger partial charge in [0.15, 0.2) is 0 Å². The van der Waals surface area contributed by atoms with Crippen LogP contribution in [0.25, 0.3) is 10.4 Å². The zero-order valence-corrected chi connectivity index (χ0v) is 10.4. The standard InChI is InChI=1S/C12H12ClNOS/c1-15-8-2-4-11(13)10(6-8)12-5-3-9(7-14)16-12/h2-6H,7,14H2,1H3. The van der Waals surface area contributed by atoms with Gasteiger partial charge in [0.1, 0.15) is 5.75 Å². The molecule has 1 heterocycles. The highest BCUT2D eigenvalue weighted by Crippen LogP contribution is 2.35. The molecule has 0 bridgehead atoms. The first-order chi connectivity index (χ1) is 7.74. The van der Waals surface area contributed by atoms with Gasteiger partial charge < -0.3 is 10.5 Å². The number of methoxy groups -OCH3 is 1. The quantitative estimate of drug-likeness (QED) is 0.908. The number of nitrogens with two attached hydrogens (primary N) is 1. The molecule has 0 aliphatic heterocycles. The summed E-state index contributed by atoms with van der Waals surface area (Å²) in [6.45, 7) is 0.562. The smallest absolute Gasteiger partial charge is 0.119 e. The van der Waals surface area contributed by atoms with Crippen molar-refractivity contribution >= 4 is 22.9 Å². The number of hydrogen-bond acceptors (Lipinski definition) is 3. The summed E-state index contributed by atoms with van der Waals surface area (Å²) in [4.78, 5) is 2.26. The van der Waals surface area contributed by atoms with E-state index >= 15 is 0 Å².